The fraction of sp³-hybridized carbons (Fsp3) is 0.440. The van der Waals surface area contributed by atoms with Gasteiger partial charge in [-0.25, -0.2) is 18.0 Å². The molecule has 38 heavy (non-hydrogen) atoms. The number of benzene rings is 1. The van der Waals surface area contributed by atoms with Crippen LogP contribution in [-0.2, 0) is 11.3 Å². The number of hydrogen-bond acceptors (Lipinski definition) is 8. The molecule has 1 saturated heterocycles. The van der Waals surface area contributed by atoms with E-state index in [1.54, 1.807) is 27.7 Å². The number of piperidine rings is 1. The van der Waals surface area contributed by atoms with E-state index in [2.05, 4.69) is 31.8 Å². The van der Waals surface area contributed by atoms with Gasteiger partial charge in [0, 0.05) is 30.9 Å². The maximum atomic E-state index is 13.0. The van der Waals surface area contributed by atoms with Crippen LogP contribution < -0.4 is 10.1 Å². The standard InChI is InChI=1S/C25H25F2N9O2/c1-38-22-21-17(15-2-3-18-19(12-15)36(33-31-18)13-20(26)27)6-11-35(21)32-24(30-22)29-16-4-9-34(10-5-16)23(37)25(14-28)7-8-25/h2-3,6,11-12,16,20H,4-5,7-10,13H2,1H3,(H,29,32). The first-order valence-electron chi connectivity index (χ1n) is 12.4. The Bertz CT molecular complexity index is 1560. The zero-order chi connectivity index (χ0) is 26.4. The number of carbonyl (C=O) groups excluding carboxylic acids is 1. The second-order valence-corrected chi connectivity index (χ2v) is 9.74. The highest BCUT2D eigenvalue weighted by atomic mass is 19.3. The molecule has 0 unspecified atom stereocenters. The highest BCUT2D eigenvalue weighted by Gasteiger charge is 2.52. The summed E-state index contributed by atoms with van der Waals surface area (Å²) in [4.78, 5) is 19.0. The van der Waals surface area contributed by atoms with Gasteiger partial charge >= 0.3 is 0 Å². The number of alkyl halides is 2. The molecule has 0 atom stereocenters. The molecule has 1 aliphatic heterocycles. The van der Waals surface area contributed by atoms with Crippen molar-refractivity contribution in [1.82, 2.24) is 34.5 Å². The van der Waals surface area contributed by atoms with Gasteiger partial charge in [0.15, 0.2) is 0 Å². The van der Waals surface area contributed by atoms with Crippen LogP contribution in [0.3, 0.4) is 0 Å². The smallest absolute Gasteiger partial charge is 0.258 e. The number of carbonyl (C=O) groups is 1. The number of hydrogen-bond donors (Lipinski definition) is 1. The molecular weight excluding hydrogens is 496 g/mol. The van der Waals surface area contributed by atoms with Crippen molar-refractivity contribution in [3.63, 3.8) is 0 Å². The molecule has 196 valence electrons. The van der Waals surface area contributed by atoms with E-state index in [9.17, 15) is 18.8 Å². The molecule has 4 aromatic rings. The zero-order valence-electron chi connectivity index (χ0n) is 20.6. The second kappa shape index (κ2) is 9.20. The molecule has 1 aromatic carbocycles. The monoisotopic (exact) mass is 521 g/mol. The molecule has 1 aliphatic carbocycles. The van der Waals surface area contributed by atoms with E-state index in [1.165, 1.54) is 11.8 Å². The predicted molar refractivity (Wildman–Crippen MR) is 133 cm³/mol. The molecular formula is C25H25F2N9O2. The van der Waals surface area contributed by atoms with E-state index < -0.39 is 18.4 Å². The lowest BCUT2D eigenvalue weighted by molar-refractivity contribution is -0.135. The van der Waals surface area contributed by atoms with E-state index in [0.29, 0.717) is 67.2 Å². The Balaban J connectivity index is 1.23. The van der Waals surface area contributed by atoms with Gasteiger partial charge in [-0.2, -0.15) is 10.2 Å². The summed E-state index contributed by atoms with van der Waals surface area (Å²) in [6, 6.07) is 9.47. The molecule has 6 rings (SSSR count). The summed E-state index contributed by atoms with van der Waals surface area (Å²) in [7, 11) is 1.53. The van der Waals surface area contributed by atoms with Crippen molar-refractivity contribution >= 4 is 28.4 Å². The van der Waals surface area contributed by atoms with Gasteiger partial charge in [0.05, 0.1) is 18.7 Å². The van der Waals surface area contributed by atoms with Crippen molar-refractivity contribution in [2.75, 3.05) is 25.5 Å². The lowest BCUT2D eigenvalue weighted by Gasteiger charge is -2.33. The largest absolute Gasteiger partial charge is 0.479 e. The number of ether oxygens (including phenoxy) is 1. The Morgan fingerprint density at radius 3 is 2.76 bits per heavy atom. The van der Waals surface area contributed by atoms with Gasteiger partial charge in [0.1, 0.15) is 23.0 Å². The van der Waals surface area contributed by atoms with Crippen molar-refractivity contribution in [3.05, 3.63) is 30.5 Å². The first kappa shape index (κ1) is 24.0. The zero-order valence-corrected chi connectivity index (χ0v) is 20.6. The minimum Gasteiger partial charge on any atom is -0.479 e. The molecule has 0 bridgehead atoms. The third-order valence-electron chi connectivity index (χ3n) is 7.30. The molecule has 13 heteroatoms. The van der Waals surface area contributed by atoms with Crippen molar-refractivity contribution in [2.45, 2.75) is 44.7 Å². The number of halogens is 2. The van der Waals surface area contributed by atoms with E-state index in [1.807, 2.05) is 12.1 Å². The number of fused-ring (bicyclic) bond motifs is 2. The van der Waals surface area contributed by atoms with Crippen molar-refractivity contribution in [3.8, 4) is 23.1 Å². The number of nitrogens with one attached hydrogen (secondary N) is 1. The van der Waals surface area contributed by atoms with Crippen LogP contribution in [0.1, 0.15) is 25.7 Å². The second-order valence-electron chi connectivity index (χ2n) is 9.74. The lowest BCUT2D eigenvalue weighted by atomic mass is 10.0. The Morgan fingerprint density at radius 2 is 2.08 bits per heavy atom. The highest BCUT2D eigenvalue weighted by molar-refractivity contribution is 5.90. The van der Waals surface area contributed by atoms with Crippen LogP contribution in [0.5, 0.6) is 5.88 Å². The summed E-state index contributed by atoms with van der Waals surface area (Å²) in [5.74, 6) is 0.703. The molecule has 11 nitrogen and oxygen atoms in total. The number of methoxy groups -OCH3 is 1. The summed E-state index contributed by atoms with van der Waals surface area (Å²) in [5, 5.41) is 25.1. The highest BCUT2D eigenvalue weighted by Crippen LogP contribution is 2.46. The summed E-state index contributed by atoms with van der Waals surface area (Å²) in [5.41, 5.74) is 2.42. The SMILES string of the molecule is COc1nc(NC2CCN(C(=O)C3(C#N)CC3)CC2)nn2ccc(-c3ccc4nnn(CC(F)F)c4c3)c12. The summed E-state index contributed by atoms with van der Waals surface area (Å²) in [6.45, 7) is 0.614. The number of nitriles is 1. The molecule has 0 radical (unpaired) electrons. The van der Waals surface area contributed by atoms with Gasteiger partial charge in [-0.3, -0.25) is 4.79 Å². The van der Waals surface area contributed by atoms with Crippen LogP contribution in [0.15, 0.2) is 30.5 Å². The van der Waals surface area contributed by atoms with E-state index in [0.717, 1.165) is 11.1 Å². The maximum Gasteiger partial charge on any atom is 0.258 e. The molecule has 1 saturated carbocycles. The number of likely N-dealkylation sites (tertiary alicyclic amines) is 1. The summed E-state index contributed by atoms with van der Waals surface area (Å²) in [6.07, 6.45) is 1.98. The summed E-state index contributed by atoms with van der Waals surface area (Å²) < 4.78 is 34.4. The quantitative estimate of drug-likeness (QED) is 0.393. The lowest BCUT2D eigenvalue weighted by Crippen LogP contribution is -2.45. The topological polar surface area (TPSA) is 126 Å². The Hall–Kier alpha value is -4.34. The average Bonchev–Trinajstić information content (AvgIpc) is 3.47. The fourth-order valence-corrected chi connectivity index (χ4v) is 5.04. The molecule has 0 spiro atoms. The van der Waals surface area contributed by atoms with Crippen LogP contribution >= 0.6 is 0 Å². The van der Waals surface area contributed by atoms with E-state index in [-0.39, 0.29) is 11.9 Å². The van der Waals surface area contributed by atoms with Crippen molar-refractivity contribution in [1.29, 1.82) is 5.26 Å². The minimum atomic E-state index is -2.54. The number of anilines is 1. The Morgan fingerprint density at radius 1 is 1.29 bits per heavy atom. The Kier molecular flexibility index (Phi) is 5.81. The Labute approximate surface area is 216 Å². The number of amides is 1. The number of aromatic nitrogens is 6. The van der Waals surface area contributed by atoms with Crippen LogP contribution in [0.25, 0.3) is 27.7 Å². The van der Waals surface area contributed by atoms with Crippen molar-refractivity contribution < 1.29 is 18.3 Å². The van der Waals surface area contributed by atoms with Gasteiger partial charge < -0.3 is 15.0 Å². The van der Waals surface area contributed by atoms with Crippen molar-refractivity contribution in [2.24, 2.45) is 5.41 Å². The third-order valence-corrected chi connectivity index (χ3v) is 7.30. The average molecular weight is 522 g/mol. The summed E-state index contributed by atoms with van der Waals surface area (Å²) >= 11 is 0. The first-order chi connectivity index (χ1) is 18.4. The van der Waals surface area contributed by atoms with Gasteiger partial charge in [0.25, 0.3) is 6.43 Å². The molecule has 2 fully saturated rings. The number of nitrogens with zero attached hydrogens (tertiary/aromatic N) is 8. The van der Waals surface area contributed by atoms with E-state index >= 15 is 0 Å². The molecule has 4 heterocycles. The number of rotatable bonds is 7. The molecule has 1 N–H and O–H groups in total. The molecule has 3 aromatic heterocycles. The first-order valence-corrected chi connectivity index (χ1v) is 12.4. The van der Waals surface area contributed by atoms with Crippen LogP contribution in [0.2, 0.25) is 0 Å². The normalized spacial score (nSPS) is 17.2. The van der Waals surface area contributed by atoms with Crippen LogP contribution in [-0.4, -0.2) is 73.1 Å². The van der Waals surface area contributed by atoms with Gasteiger partial charge in [0.2, 0.25) is 17.7 Å². The van der Waals surface area contributed by atoms with E-state index in [4.69, 9.17) is 4.74 Å². The third kappa shape index (κ3) is 4.15. The maximum absolute atomic E-state index is 13.0. The predicted octanol–water partition coefficient (Wildman–Crippen LogP) is 3.12. The van der Waals surface area contributed by atoms with Gasteiger partial charge in [-0.05, 0) is 49.4 Å². The van der Waals surface area contributed by atoms with Gasteiger partial charge in [-0.15, -0.1) is 10.2 Å². The van der Waals surface area contributed by atoms with Crippen LogP contribution in [0, 0.1) is 16.7 Å². The molecule has 1 amide bonds. The molecule has 2 aliphatic rings. The fourth-order valence-electron chi connectivity index (χ4n) is 5.04. The minimum absolute atomic E-state index is 0.0520. The van der Waals surface area contributed by atoms with Crippen LogP contribution in [0.4, 0.5) is 14.7 Å². The van der Waals surface area contributed by atoms with Gasteiger partial charge in [-0.1, -0.05) is 11.3 Å².